The average Bonchev–Trinajstić information content (AvgIpc) is 3.21. The summed E-state index contributed by atoms with van der Waals surface area (Å²) in [7, 11) is -2.62. The molecule has 0 radical (unpaired) electrons. The lowest BCUT2D eigenvalue weighted by molar-refractivity contribution is -0.115. The molecule has 0 saturated carbocycles. The first-order chi connectivity index (χ1) is 15.7. The van der Waals surface area contributed by atoms with Gasteiger partial charge < -0.3 is 10.1 Å². The minimum Gasteiger partial charge on any atom is -0.497 e. The molecule has 1 heterocycles. The van der Waals surface area contributed by atoms with E-state index in [0.29, 0.717) is 33.2 Å². The van der Waals surface area contributed by atoms with Crippen LogP contribution in [-0.2, 0) is 14.6 Å². The SMILES string of the molecule is COc1ccc(-n2c(S(=O)(=O)C(C)C(=O)Nc3ccc(C)cc3Cl)nc3ccccc32)cc1. The first-order valence-corrected chi connectivity index (χ1v) is 12.1. The molecule has 0 aliphatic rings. The quantitative estimate of drug-likeness (QED) is 0.425. The third kappa shape index (κ3) is 4.31. The van der Waals surface area contributed by atoms with Gasteiger partial charge in [-0.15, -0.1) is 0 Å². The Kier molecular flexibility index (Phi) is 6.14. The highest BCUT2D eigenvalue weighted by Crippen LogP contribution is 2.29. The van der Waals surface area contributed by atoms with Crippen molar-refractivity contribution in [2.45, 2.75) is 24.3 Å². The summed E-state index contributed by atoms with van der Waals surface area (Å²) >= 11 is 6.20. The van der Waals surface area contributed by atoms with Gasteiger partial charge in [-0.05, 0) is 67.9 Å². The van der Waals surface area contributed by atoms with Crippen LogP contribution in [0.15, 0.2) is 71.9 Å². The lowest BCUT2D eigenvalue weighted by Crippen LogP contribution is -2.34. The number of ether oxygens (including phenoxy) is 1. The minimum absolute atomic E-state index is 0.216. The lowest BCUT2D eigenvalue weighted by atomic mass is 10.2. The highest BCUT2D eigenvalue weighted by atomic mass is 35.5. The van der Waals surface area contributed by atoms with E-state index in [9.17, 15) is 13.2 Å². The van der Waals surface area contributed by atoms with Crippen LogP contribution in [0.1, 0.15) is 12.5 Å². The number of aryl methyl sites for hydroxylation is 1. The van der Waals surface area contributed by atoms with Crippen molar-refractivity contribution in [2.24, 2.45) is 0 Å². The van der Waals surface area contributed by atoms with Crippen molar-refractivity contribution in [1.29, 1.82) is 0 Å². The molecule has 1 unspecified atom stereocenters. The highest BCUT2D eigenvalue weighted by molar-refractivity contribution is 7.92. The number of methoxy groups -OCH3 is 1. The van der Waals surface area contributed by atoms with Crippen LogP contribution in [0.5, 0.6) is 5.75 Å². The molecule has 0 aliphatic heterocycles. The molecular formula is C24H22ClN3O4S. The molecule has 4 rings (SSSR count). The summed E-state index contributed by atoms with van der Waals surface area (Å²) in [5, 5.41) is 1.32. The summed E-state index contributed by atoms with van der Waals surface area (Å²) in [6.45, 7) is 3.21. The first-order valence-electron chi connectivity index (χ1n) is 10.1. The summed E-state index contributed by atoms with van der Waals surface area (Å²) in [5.74, 6) is -0.0654. The van der Waals surface area contributed by atoms with E-state index in [2.05, 4.69) is 10.3 Å². The molecule has 4 aromatic rings. The van der Waals surface area contributed by atoms with E-state index in [0.717, 1.165) is 5.56 Å². The van der Waals surface area contributed by atoms with Crippen LogP contribution in [0.3, 0.4) is 0 Å². The predicted molar refractivity (Wildman–Crippen MR) is 129 cm³/mol. The van der Waals surface area contributed by atoms with E-state index >= 15 is 0 Å². The normalized spacial score (nSPS) is 12.5. The van der Waals surface area contributed by atoms with Crippen molar-refractivity contribution in [3.8, 4) is 11.4 Å². The molecule has 0 bridgehead atoms. The largest absolute Gasteiger partial charge is 0.497 e. The van der Waals surface area contributed by atoms with E-state index in [1.165, 1.54) is 11.5 Å². The number of para-hydroxylation sites is 2. The maximum absolute atomic E-state index is 13.6. The summed E-state index contributed by atoms with van der Waals surface area (Å²) in [6.07, 6.45) is 0. The zero-order valence-electron chi connectivity index (χ0n) is 18.2. The van der Waals surface area contributed by atoms with Gasteiger partial charge in [0.1, 0.15) is 11.0 Å². The van der Waals surface area contributed by atoms with Crippen molar-refractivity contribution in [3.63, 3.8) is 0 Å². The number of aromatic nitrogens is 2. The van der Waals surface area contributed by atoms with Crippen molar-refractivity contribution >= 4 is 44.1 Å². The van der Waals surface area contributed by atoms with Gasteiger partial charge in [0.25, 0.3) is 0 Å². The number of hydrogen-bond donors (Lipinski definition) is 1. The minimum atomic E-state index is -4.17. The standard InChI is InChI=1S/C24H22ClN3O4S/c1-15-8-13-20(19(25)14-15)26-23(29)16(2)33(30,31)24-27-21-6-4-5-7-22(21)28(24)17-9-11-18(32-3)12-10-17/h4-14,16H,1-3H3,(H,26,29). The number of carbonyl (C=O) groups is 1. The van der Waals surface area contributed by atoms with Crippen molar-refractivity contribution in [3.05, 3.63) is 77.3 Å². The van der Waals surface area contributed by atoms with Gasteiger partial charge >= 0.3 is 0 Å². The number of imidazole rings is 1. The fourth-order valence-electron chi connectivity index (χ4n) is 3.43. The molecule has 0 aliphatic carbocycles. The van der Waals surface area contributed by atoms with Crippen LogP contribution in [0.4, 0.5) is 5.69 Å². The first kappa shape index (κ1) is 22.8. The maximum atomic E-state index is 13.6. The van der Waals surface area contributed by atoms with Crippen LogP contribution in [0, 0.1) is 6.92 Å². The second kappa shape index (κ2) is 8.88. The average molecular weight is 484 g/mol. The number of amides is 1. The molecule has 33 heavy (non-hydrogen) atoms. The molecule has 1 amide bonds. The highest BCUT2D eigenvalue weighted by Gasteiger charge is 2.35. The second-order valence-corrected chi connectivity index (χ2v) is 10.1. The van der Waals surface area contributed by atoms with Gasteiger partial charge in [0.05, 0.1) is 28.9 Å². The van der Waals surface area contributed by atoms with E-state index < -0.39 is 21.0 Å². The number of sulfone groups is 1. The number of nitrogens with one attached hydrogen (secondary N) is 1. The summed E-state index contributed by atoms with van der Waals surface area (Å²) in [4.78, 5) is 17.3. The molecule has 0 fully saturated rings. The number of carbonyl (C=O) groups excluding carboxylic acids is 1. The Balaban J connectivity index is 1.77. The van der Waals surface area contributed by atoms with Gasteiger partial charge in [-0.1, -0.05) is 29.8 Å². The van der Waals surface area contributed by atoms with Crippen LogP contribution in [0.25, 0.3) is 16.7 Å². The van der Waals surface area contributed by atoms with Gasteiger partial charge in [0.15, 0.2) is 0 Å². The van der Waals surface area contributed by atoms with Crippen LogP contribution >= 0.6 is 11.6 Å². The number of halogens is 1. The molecule has 7 nitrogen and oxygen atoms in total. The Morgan fingerprint density at radius 2 is 1.79 bits per heavy atom. The second-order valence-electron chi connectivity index (χ2n) is 7.58. The van der Waals surface area contributed by atoms with E-state index in [-0.39, 0.29) is 5.16 Å². The molecule has 1 atom stereocenters. The van der Waals surface area contributed by atoms with Crippen molar-refractivity contribution in [2.75, 3.05) is 12.4 Å². The number of nitrogens with zero attached hydrogens (tertiary/aromatic N) is 2. The Morgan fingerprint density at radius 1 is 1.09 bits per heavy atom. The third-order valence-electron chi connectivity index (χ3n) is 5.33. The molecule has 1 aromatic heterocycles. The molecule has 0 spiro atoms. The molecule has 3 aromatic carbocycles. The van der Waals surface area contributed by atoms with Gasteiger partial charge in [0.2, 0.25) is 20.9 Å². The predicted octanol–water partition coefficient (Wildman–Crippen LogP) is 4.80. The molecular weight excluding hydrogens is 462 g/mol. The van der Waals surface area contributed by atoms with Gasteiger partial charge in [-0.2, -0.15) is 0 Å². The number of hydrogen-bond acceptors (Lipinski definition) is 5. The zero-order valence-corrected chi connectivity index (χ0v) is 19.8. The van der Waals surface area contributed by atoms with Gasteiger partial charge in [-0.25, -0.2) is 13.4 Å². The monoisotopic (exact) mass is 483 g/mol. The molecule has 1 N–H and O–H groups in total. The van der Waals surface area contributed by atoms with Gasteiger partial charge in [0, 0.05) is 5.69 Å². The number of fused-ring (bicyclic) bond motifs is 1. The zero-order chi connectivity index (χ0) is 23.8. The fourth-order valence-corrected chi connectivity index (χ4v) is 5.05. The van der Waals surface area contributed by atoms with E-state index in [4.69, 9.17) is 16.3 Å². The van der Waals surface area contributed by atoms with Crippen LogP contribution in [-0.4, -0.2) is 36.2 Å². The van der Waals surface area contributed by atoms with Crippen LogP contribution < -0.4 is 10.1 Å². The molecule has 0 saturated heterocycles. The molecule has 9 heteroatoms. The molecule has 170 valence electrons. The number of rotatable bonds is 6. The lowest BCUT2D eigenvalue weighted by Gasteiger charge is -2.16. The Morgan fingerprint density at radius 3 is 2.45 bits per heavy atom. The Hall–Kier alpha value is -3.36. The third-order valence-corrected chi connectivity index (χ3v) is 7.57. The fraction of sp³-hybridized carbons (Fsp3) is 0.167. The van der Waals surface area contributed by atoms with Crippen LogP contribution in [0.2, 0.25) is 5.02 Å². The summed E-state index contributed by atoms with van der Waals surface area (Å²) < 4.78 is 33.9. The van der Waals surface area contributed by atoms with Gasteiger partial charge in [-0.3, -0.25) is 9.36 Å². The van der Waals surface area contributed by atoms with Crippen molar-refractivity contribution in [1.82, 2.24) is 9.55 Å². The number of benzene rings is 3. The topological polar surface area (TPSA) is 90.3 Å². The van der Waals surface area contributed by atoms with Crippen molar-refractivity contribution < 1.29 is 17.9 Å². The summed E-state index contributed by atoms with van der Waals surface area (Å²) in [6, 6.07) is 19.1. The smallest absolute Gasteiger partial charge is 0.242 e. The Labute approximate surface area is 196 Å². The summed E-state index contributed by atoms with van der Waals surface area (Å²) in [5.41, 5.74) is 2.96. The van der Waals surface area contributed by atoms with E-state index in [1.807, 2.05) is 6.92 Å². The Bertz CT molecular complexity index is 1450. The number of anilines is 1. The maximum Gasteiger partial charge on any atom is 0.242 e. The van der Waals surface area contributed by atoms with E-state index in [1.54, 1.807) is 73.8 Å².